The van der Waals surface area contributed by atoms with E-state index in [9.17, 15) is 25.2 Å². The van der Waals surface area contributed by atoms with Gasteiger partial charge in [0.25, 0.3) is 0 Å². The van der Waals surface area contributed by atoms with Crippen LogP contribution in [0.25, 0.3) is 0 Å². The van der Waals surface area contributed by atoms with Gasteiger partial charge in [0, 0.05) is 0 Å². The molecule has 0 saturated carbocycles. The lowest BCUT2D eigenvalue weighted by atomic mass is 9.99. The number of allylic oxidation sites excluding steroid dienone is 4. The summed E-state index contributed by atoms with van der Waals surface area (Å²) in [6.07, 6.45) is 84.5. The Balaban J connectivity index is 3.53. The number of hydrogen-bond acceptors (Lipinski definition) is 5. The van der Waals surface area contributed by atoms with E-state index in [-0.39, 0.29) is 0 Å². The van der Waals surface area contributed by atoms with E-state index in [1.165, 1.54) is 327 Å². The number of aliphatic hydroxyl groups is 4. The van der Waals surface area contributed by atoms with Crippen LogP contribution in [0.15, 0.2) is 24.3 Å². The van der Waals surface area contributed by atoms with E-state index in [1.807, 2.05) is 0 Å². The molecular weight excluding hydrogens is 959 g/mol. The quantitative estimate of drug-likeness (QED) is 0.0308. The fourth-order valence-electron chi connectivity index (χ4n) is 11.6. The van der Waals surface area contributed by atoms with Crippen molar-refractivity contribution in [3.05, 3.63) is 24.3 Å². The lowest BCUT2D eigenvalue weighted by molar-refractivity contribution is -0.132. The number of carbonyl (C=O) groups excluding carboxylic acids is 1. The molecule has 78 heavy (non-hydrogen) atoms. The normalized spacial score (nSPS) is 13.6. The van der Waals surface area contributed by atoms with Crippen molar-refractivity contribution in [3.8, 4) is 0 Å². The molecule has 0 fully saturated rings. The van der Waals surface area contributed by atoms with Crippen LogP contribution in [-0.2, 0) is 4.79 Å². The van der Waals surface area contributed by atoms with Crippen molar-refractivity contribution in [3.63, 3.8) is 0 Å². The second-order valence-electron chi connectivity index (χ2n) is 24.9. The fraction of sp³-hybridized carbons (Fsp3) is 0.931. The van der Waals surface area contributed by atoms with Crippen LogP contribution in [0.5, 0.6) is 0 Å². The SMILES string of the molecule is CCCCCCCCCCCCCCC/C=C\C/C=C\CCCCCCCCCCCCCCCCCCC(O)C(=O)NC(CO)C(O)C(O)CCCCCCCCCCCCCCCCCCCCCCCCCCCC. The molecule has 0 heterocycles. The highest BCUT2D eigenvalue weighted by Crippen LogP contribution is 2.20. The van der Waals surface area contributed by atoms with Gasteiger partial charge >= 0.3 is 0 Å². The zero-order chi connectivity index (χ0) is 56.6. The Labute approximate surface area is 488 Å². The molecule has 0 radical (unpaired) electrons. The Kier molecular flexibility index (Phi) is 65.6. The number of aliphatic hydroxyl groups excluding tert-OH is 4. The van der Waals surface area contributed by atoms with Gasteiger partial charge in [-0.3, -0.25) is 4.79 Å². The standard InChI is InChI=1S/C72H141NO5/c1-3-5-7-9-11-13-15-17-19-21-23-25-27-29-31-32-33-34-35-36-37-38-39-40-42-44-46-48-50-52-54-56-58-60-62-64-66-70(76)72(78)73-68(67-74)71(77)69(75)65-63-61-59-57-55-53-51-49-47-45-43-41-30-28-26-24-22-20-18-16-14-12-10-8-6-4-2/h31-32,34-35,68-71,74-77H,3-30,33,36-67H2,1-2H3,(H,73,78)/b32-31-,35-34-. The molecule has 4 unspecified atom stereocenters. The first-order valence-electron chi connectivity index (χ1n) is 35.7. The minimum Gasteiger partial charge on any atom is -0.394 e. The van der Waals surface area contributed by atoms with Crippen molar-refractivity contribution in [2.75, 3.05) is 6.61 Å². The van der Waals surface area contributed by atoms with Gasteiger partial charge in [-0.2, -0.15) is 0 Å². The summed E-state index contributed by atoms with van der Waals surface area (Å²) in [5.41, 5.74) is 0. The lowest BCUT2D eigenvalue weighted by Crippen LogP contribution is -2.53. The highest BCUT2D eigenvalue weighted by Gasteiger charge is 2.28. The van der Waals surface area contributed by atoms with E-state index >= 15 is 0 Å². The molecule has 0 aromatic rings. The van der Waals surface area contributed by atoms with Gasteiger partial charge in [0.15, 0.2) is 0 Å². The zero-order valence-electron chi connectivity index (χ0n) is 52.9. The third kappa shape index (κ3) is 59.4. The molecule has 0 aliphatic rings. The molecule has 0 aliphatic heterocycles. The molecule has 5 N–H and O–H groups in total. The average Bonchev–Trinajstić information content (AvgIpc) is 3.45. The van der Waals surface area contributed by atoms with Crippen molar-refractivity contribution in [2.45, 2.75) is 423 Å². The van der Waals surface area contributed by atoms with Gasteiger partial charge in [0.2, 0.25) is 5.91 Å². The molecule has 0 aromatic carbocycles. The van der Waals surface area contributed by atoms with Crippen molar-refractivity contribution >= 4 is 5.91 Å². The van der Waals surface area contributed by atoms with E-state index in [2.05, 4.69) is 43.5 Å². The Hall–Kier alpha value is -1.21. The summed E-state index contributed by atoms with van der Waals surface area (Å²) in [6, 6.07) is -0.986. The van der Waals surface area contributed by atoms with E-state index in [1.54, 1.807) is 0 Å². The molecule has 464 valence electrons. The fourth-order valence-corrected chi connectivity index (χ4v) is 11.6. The second kappa shape index (κ2) is 66.6. The van der Waals surface area contributed by atoms with E-state index in [0.29, 0.717) is 12.8 Å². The summed E-state index contributed by atoms with van der Waals surface area (Å²) in [5.74, 6) is -0.576. The third-order valence-corrected chi connectivity index (χ3v) is 17.2. The topological polar surface area (TPSA) is 110 Å². The first-order valence-corrected chi connectivity index (χ1v) is 35.7. The lowest BCUT2D eigenvalue weighted by Gasteiger charge is -2.27. The Morgan fingerprint density at radius 1 is 0.321 bits per heavy atom. The summed E-state index contributed by atoms with van der Waals surface area (Å²) in [4.78, 5) is 12.7. The van der Waals surface area contributed by atoms with Crippen LogP contribution >= 0.6 is 0 Å². The number of hydrogen-bond donors (Lipinski definition) is 5. The summed E-state index contributed by atoms with van der Waals surface area (Å²) < 4.78 is 0. The molecule has 0 bridgehead atoms. The Morgan fingerprint density at radius 2 is 0.551 bits per heavy atom. The van der Waals surface area contributed by atoms with E-state index in [0.717, 1.165) is 44.9 Å². The number of rotatable bonds is 67. The molecule has 0 saturated heterocycles. The molecular formula is C72H141NO5. The number of amides is 1. The van der Waals surface area contributed by atoms with Crippen molar-refractivity contribution in [1.29, 1.82) is 0 Å². The van der Waals surface area contributed by atoms with Crippen LogP contribution in [0.4, 0.5) is 0 Å². The number of carbonyl (C=O) groups is 1. The molecule has 6 heteroatoms. The van der Waals surface area contributed by atoms with Crippen molar-refractivity contribution in [2.24, 2.45) is 0 Å². The van der Waals surface area contributed by atoms with Crippen molar-refractivity contribution < 1.29 is 25.2 Å². The predicted octanol–water partition coefficient (Wildman–Crippen LogP) is 22.1. The third-order valence-electron chi connectivity index (χ3n) is 17.2. The monoisotopic (exact) mass is 1100 g/mol. The first kappa shape index (κ1) is 76.8. The van der Waals surface area contributed by atoms with Gasteiger partial charge in [-0.1, -0.05) is 378 Å². The second-order valence-corrected chi connectivity index (χ2v) is 24.9. The maximum Gasteiger partial charge on any atom is 0.249 e. The smallest absolute Gasteiger partial charge is 0.249 e. The summed E-state index contributed by atoms with van der Waals surface area (Å²) in [6.45, 7) is 4.11. The Bertz CT molecular complexity index is 1190. The number of unbranched alkanes of at least 4 members (excludes halogenated alkanes) is 54. The van der Waals surface area contributed by atoms with Crippen molar-refractivity contribution in [1.82, 2.24) is 5.32 Å². The average molecular weight is 1100 g/mol. The highest BCUT2D eigenvalue weighted by atomic mass is 16.3. The molecule has 1 amide bonds. The van der Waals surface area contributed by atoms with Gasteiger partial charge in [0.05, 0.1) is 18.8 Å². The van der Waals surface area contributed by atoms with Gasteiger partial charge in [-0.05, 0) is 44.9 Å². The van der Waals surface area contributed by atoms with Gasteiger partial charge in [0.1, 0.15) is 12.2 Å². The first-order chi connectivity index (χ1) is 38.5. The molecule has 0 aromatic heterocycles. The molecule has 0 spiro atoms. The zero-order valence-corrected chi connectivity index (χ0v) is 52.9. The van der Waals surface area contributed by atoms with Crippen LogP contribution in [0.1, 0.15) is 399 Å². The van der Waals surface area contributed by atoms with Crippen LogP contribution in [0, 0.1) is 0 Å². The van der Waals surface area contributed by atoms with Gasteiger partial charge in [-0.25, -0.2) is 0 Å². The minimum absolute atomic E-state index is 0.372. The summed E-state index contributed by atoms with van der Waals surface area (Å²) in [5, 5.41) is 44.3. The predicted molar refractivity (Wildman–Crippen MR) is 344 cm³/mol. The minimum atomic E-state index is -1.26. The van der Waals surface area contributed by atoms with Crippen LogP contribution in [-0.4, -0.2) is 57.3 Å². The maximum absolute atomic E-state index is 12.7. The van der Waals surface area contributed by atoms with E-state index < -0.39 is 36.9 Å². The van der Waals surface area contributed by atoms with E-state index in [4.69, 9.17) is 0 Å². The molecule has 0 rings (SSSR count). The maximum atomic E-state index is 12.7. The van der Waals surface area contributed by atoms with Crippen LogP contribution in [0.3, 0.4) is 0 Å². The van der Waals surface area contributed by atoms with Gasteiger partial charge in [-0.15, -0.1) is 0 Å². The molecule has 0 aliphatic carbocycles. The highest BCUT2D eigenvalue weighted by molar-refractivity contribution is 5.80. The summed E-state index contributed by atoms with van der Waals surface area (Å²) >= 11 is 0. The van der Waals surface area contributed by atoms with Crippen LogP contribution in [0.2, 0.25) is 0 Å². The molecule has 4 atom stereocenters. The molecule has 6 nitrogen and oxygen atoms in total. The number of nitrogens with one attached hydrogen (secondary N) is 1. The largest absolute Gasteiger partial charge is 0.394 e. The summed E-state index contributed by atoms with van der Waals surface area (Å²) in [7, 11) is 0. The Morgan fingerprint density at radius 3 is 0.808 bits per heavy atom. The van der Waals surface area contributed by atoms with Crippen LogP contribution < -0.4 is 5.32 Å². The van der Waals surface area contributed by atoms with Gasteiger partial charge < -0.3 is 25.7 Å².